The zero-order valence-corrected chi connectivity index (χ0v) is 15.4. The molecule has 1 fully saturated rings. The van der Waals surface area contributed by atoms with Crippen LogP contribution in [-0.4, -0.2) is 35.7 Å². The Morgan fingerprint density at radius 2 is 2.16 bits per heavy atom. The zero-order chi connectivity index (χ0) is 17.6. The summed E-state index contributed by atoms with van der Waals surface area (Å²) >= 11 is 0. The summed E-state index contributed by atoms with van der Waals surface area (Å²) in [5.74, 6) is 2.73. The maximum atomic E-state index is 5.40. The van der Waals surface area contributed by atoms with E-state index in [9.17, 15) is 0 Å². The molecule has 2 aromatic rings. The molecule has 0 saturated carbocycles. The molecule has 0 bridgehead atoms. The van der Waals surface area contributed by atoms with Crippen molar-refractivity contribution >= 4 is 5.96 Å². The van der Waals surface area contributed by atoms with Gasteiger partial charge in [0.15, 0.2) is 11.7 Å². The van der Waals surface area contributed by atoms with E-state index in [4.69, 9.17) is 9.52 Å². The van der Waals surface area contributed by atoms with Crippen LogP contribution in [0.1, 0.15) is 56.0 Å². The molecule has 1 N–H and O–H groups in total. The van der Waals surface area contributed by atoms with Crippen LogP contribution in [-0.2, 0) is 6.54 Å². The third-order valence-corrected chi connectivity index (χ3v) is 4.65. The Balaban J connectivity index is 1.66. The highest BCUT2D eigenvalue weighted by Gasteiger charge is 2.25. The predicted molar refractivity (Wildman–Crippen MR) is 101 cm³/mol. The average Bonchev–Trinajstić information content (AvgIpc) is 3.29. The first-order valence-corrected chi connectivity index (χ1v) is 9.21. The Labute approximate surface area is 150 Å². The van der Waals surface area contributed by atoms with Gasteiger partial charge >= 0.3 is 0 Å². The molecule has 1 aliphatic rings. The van der Waals surface area contributed by atoms with Crippen molar-refractivity contribution in [1.82, 2.24) is 15.4 Å². The highest BCUT2D eigenvalue weighted by Crippen LogP contribution is 2.27. The highest BCUT2D eigenvalue weighted by atomic mass is 16.5. The molecule has 5 heteroatoms. The van der Waals surface area contributed by atoms with Crippen LogP contribution in [0.15, 0.2) is 45.9 Å². The summed E-state index contributed by atoms with van der Waals surface area (Å²) in [6.45, 7) is 9.74. The second-order valence-electron chi connectivity index (χ2n) is 6.89. The molecule has 3 rings (SSSR count). The van der Waals surface area contributed by atoms with Crippen molar-refractivity contribution in [2.75, 3.05) is 19.6 Å². The van der Waals surface area contributed by atoms with Crippen molar-refractivity contribution in [3.05, 3.63) is 53.4 Å². The van der Waals surface area contributed by atoms with E-state index in [1.54, 1.807) is 0 Å². The van der Waals surface area contributed by atoms with Gasteiger partial charge in [-0.05, 0) is 24.8 Å². The molecule has 1 aromatic carbocycles. The van der Waals surface area contributed by atoms with Gasteiger partial charge in [-0.3, -0.25) is 0 Å². The molecule has 1 atom stereocenters. The second kappa shape index (κ2) is 8.19. The van der Waals surface area contributed by atoms with Crippen molar-refractivity contribution in [2.24, 2.45) is 4.99 Å². The van der Waals surface area contributed by atoms with Crippen LogP contribution in [0.25, 0.3) is 0 Å². The summed E-state index contributed by atoms with van der Waals surface area (Å²) in [7, 11) is 0. The van der Waals surface area contributed by atoms with Gasteiger partial charge in [0.25, 0.3) is 0 Å². The molecule has 0 amide bonds. The Morgan fingerprint density at radius 1 is 1.36 bits per heavy atom. The lowest BCUT2D eigenvalue weighted by Crippen LogP contribution is -2.40. The molecule has 5 nitrogen and oxygen atoms in total. The molecule has 1 aliphatic heterocycles. The van der Waals surface area contributed by atoms with Gasteiger partial charge in [0, 0.05) is 31.6 Å². The van der Waals surface area contributed by atoms with Gasteiger partial charge in [-0.15, -0.1) is 0 Å². The van der Waals surface area contributed by atoms with Gasteiger partial charge in [-0.1, -0.05) is 49.3 Å². The number of nitrogens with zero attached hydrogens (tertiary/aromatic N) is 3. The van der Waals surface area contributed by atoms with Gasteiger partial charge in [-0.25, -0.2) is 4.99 Å². The van der Waals surface area contributed by atoms with Crippen molar-refractivity contribution in [3.63, 3.8) is 0 Å². The van der Waals surface area contributed by atoms with E-state index in [2.05, 4.69) is 66.5 Å². The monoisotopic (exact) mass is 340 g/mol. The quantitative estimate of drug-likeness (QED) is 0.665. The van der Waals surface area contributed by atoms with E-state index < -0.39 is 0 Å². The molecule has 25 heavy (non-hydrogen) atoms. The Morgan fingerprint density at radius 3 is 2.84 bits per heavy atom. The van der Waals surface area contributed by atoms with Crippen LogP contribution in [0.4, 0.5) is 0 Å². The van der Waals surface area contributed by atoms with Crippen LogP contribution in [0.5, 0.6) is 0 Å². The minimum absolute atomic E-state index is 0.375. The Bertz CT molecular complexity index is 693. The highest BCUT2D eigenvalue weighted by molar-refractivity contribution is 5.80. The van der Waals surface area contributed by atoms with Crippen LogP contribution < -0.4 is 5.32 Å². The Kier molecular flexibility index (Phi) is 5.74. The number of aromatic nitrogens is 1. The molecule has 0 aliphatic carbocycles. The molecular weight excluding hydrogens is 312 g/mol. The second-order valence-corrected chi connectivity index (χ2v) is 6.89. The van der Waals surface area contributed by atoms with E-state index in [-0.39, 0.29) is 0 Å². The number of likely N-dealkylation sites (tertiary alicyclic amines) is 1. The molecule has 134 valence electrons. The fourth-order valence-corrected chi connectivity index (χ4v) is 3.20. The number of nitrogens with one attached hydrogen (secondary N) is 1. The number of rotatable bonds is 5. The first-order valence-electron chi connectivity index (χ1n) is 9.21. The molecule has 1 saturated heterocycles. The minimum Gasteiger partial charge on any atom is -0.359 e. The van der Waals surface area contributed by atoms with Crippen LogP contribution in [0.3, 0.4) is 0 Å². The van der Waals surface area contributed by atoms with E-state index in [1.807, 2.05) is 6.07 Å². The van der Waals surface area contributed by atoms with Crippen molar-refractivity contribution in [1.29, 1.82) is 0 Å². The van der Waals surface area contributed by atoms with Crippen LogP contribution >= 0.6 is 0 Å². The predicted octanol–water partition coefficient (Wildman–Crippen LogP) is 3.75. The molecule has 2 heterocycles. The maximum Gasteiger partial charge on any atom is 0.194 e. The maximum absolute atomic E-state index is 5.40. The SMILES string of the molecule is CCNC(=NCc1cc(C(C)C)no1)N1CCC(c2ccccc2)C1. The van der Waals surface area contributed by atoms with Crippen molar-refractivity contribution < 1.29 is 4.52 Å². The largest absolute Gasteiger partial charge is 0.359 e. The fraction of sp³-hybridized carbons (Fsp3) is 0.500. The Hall–Kier alpha value is -2.30. The smallest absolute Gasteiger partial charge is 0.194 e. The summed E-state index contributed by atoms with van der Waals surface area (Å²) in [6.07, 6.45) is 1.16. The first kappa shape index (κ1) is 17.5. The zero-order valence-electron chi connectivity index (χ0n) is 15.4. The van der Waals surface area contributed by atoms with Gasteiger partial charge in [0.2, 0.25) is 0 Å². The van der Waals surface area contributed by atoms with E-state index in [0.717, 1.165) is 43.5 Å². The van der Waals surface area contributed by atoms with Gasteiger partial charge < -0.3 is 14.7 Å². The third-order valence-electron chi connectivity index (χ3n) is 4.65. The van der Waals surface area contributed by atoms with E-state index in [1.165, 1.54) is 5.56 Å². The van der Waals surface area contributed by atoms with E-state index in [0.29, 0.717) is 18.4 Å². The molecule has 0 radical (unpaired) electrons. The summed E-state index contributed by atoms with van der Waals surface area (Å²) < 4.78 is 5.40. The average molecular weight is 340 g/mol. The van der Waals surface area contributed by atoms with Crippen LogP contribution in [0.2, 0.25) is 0 Å². The van der Waals surface area contributed by atoms with Gasteiger partial charge in [0.1, 0.15) is 6.54 Å². The normalized spacial score (nSPS) is 18.2. The molecule has 1 unspecified atom stereocenters. The minimum atomic E-state index is 0.375. The number of hydrogen-bond donors (Lipinski definition) is 1. The van der Waals surface area contributed by atoms with Crippen molar-refractivity contribution in [2.45, 2.75) is 45.6 Å². The number of aliphatic imine (C=N–C) groups is 1. The first-order chi connectivity index (χ1) is 12.2. The molecular formula is C20H28N4O. The molecule has 0 spiro atoms. The lowest BCUT2D eigenvalue weighted by atomic mass is 9.99. The lowest BCUT2D eigenvalue weighted by Gasteiger charge is -2.21. The van der Waals surface area contributed by atoms with Crippen LogP contribution in [0, 0.1) is 0 Å². The fourth-order valence-electron chi connectivity index (χ4n) is 3.20. The van der Waals surface area contributed by atoms with E-state index >= 15 is 0 Å². The van der Waals surface area contributed by atoms with Gasteiger partial charge in [0.05, 0.1) is 5.69 Å². The topological polar surface area (TPSA) is 53.7 Å². The molecule has 1 aromatic heterocycles. The number of benzene rings is 1. The number of hydrogen-bond acceptors (Lipinski definition) is 3. The summed E-state index contributed by atoms with van der Waals surface area (Å²) in [5.41, 5.74) is 2.40. The summed E-state index contributed by atoms with van der Waals surface area (Å²) in [6, 6.07) is 12.8. The van der Waals surface area contributed by atoms with Gasteiger partial charge in [-0.2, -0.15) is 0 Å². The lowest BCUT2D eigenvalue weighted by molar-refractivity contribution is 0.375. The summed E-state index contributed by atoms with van der Waals surface area (Å²) in [5, 5.41) is 7.52. The summed E-state index contributed by atoms with van der Waals surface area (Å²) in [4.78, 5) is 7.11. The number of guanidine groups is 1. The standard InChI is InChI=1S/C20H28N4O/c1-4-21-20(22-13-18-12-19(15(2)3)23-25-18)24-11-10-17(14-24)16-8-6-5-7-9-16/h5-9,12,15,17H,4,10-11,13-14H2,1-3H3,(H,21,22). The third kappa shape index (κ3) is 4.41. The van der Waals surface area contributed by atoms with Crippen molar-refractivity contribution in [3.8, 4) is 0 Å².